The quantitative estimate of drug-likeness (QED) is 0.749. The van der Waals surface area contributed by atoms with Crippen LogP contribution in [0.2, 0.25) is 0 Å². The fourth-order valence-corrected chi connectivity index (χ4v) is 2.37. The molecule has 1 amide bonds. The van der Waals surface area contributed by atoms with Crippen LogP contribution in [0.1, 0.15) is 40.5 Å². The summed E-state index contributed by atoms with van der Waals surface area (Å²) >= 11 is 0. The molecule has 1 rings (SSSR count). The predicted octanol–water partition coefficient (Wildman–Crippen LogP) is 1.96. The minimum absolute atomic E-state index is 0.0198. The fourth-order valence-electron chi connectivity index (χ4n) is 2.37. The van der Waals surface area contributed by atoms with Gasteiger partial charge >= 0.3 is 0 Å². The molecule has 0 unspecified atom stereocenters. The monoisotopic (exact) mass is 268 g/mol. The number of morpholine rings is 1. The van der Waals surface area contributed by atoms with Gasteiger partial charge in [0, 0.05) is 30.7 Å². The molecule has 1 aliphatic rings. The molecule has 4 heteroatoms. The third-order valence-corrected chi connectivity index (χ3v) is 4.03. The van der Waals surface area contributed by atoms with E-state index in [1.807, 2.05) is 19.9 Å². The lowest BCUT2D eigenvalue weighted by atomic mass is 9.95. The zero-order valence-electron chi connectivity index (χ0n) is 12.8. The van der Waals surface area contributed by atoms with Crippen LogP contribution in [-0.4, -0.2) is 49.2 Å². The van der Waals surface area contributed by atoms with Crippen molar-refractivity contribution < 1.29 is 9.53 Å². The standard InChI is InChI=1S/C15H28N2O2/c1-5-7-13(3)14(18)16-12-15(4,6-2)17-8-10-19-11-9-17/h7H,5-6,8-12H2,1-4H3,(H,16,18)/b13-7-/t15-/m0/s1. The van der Waals surface area contributed by atoms with E-state index >= 15 is 0 Å². The summed E-state index contributed by atoms with van der Waals surface area (Å²) in [6.45, 7) is 12.5. The molecule has 1 saturated heterocycles. The van der Waals surface area contributed by atoms with Gasteiger partial charge in [0.15, 0.2) is 0 Å². The first-order chi connectivity index (χ1) is 9.03. The number of rotatable bonds is 6. The average molecular weight is 268 g/mol. The summed E-state index contributed by atoms with van der Waals surface area (Å²) in [5.41, 5.74) is 0.828. The highest BCUT2D eigenvalue weighted by atomic mass is 16.5. The predicted molar refractivity (Wildman–Crippen MR) is 78.1 cm³/mol. The summed E-state index contributed by atoms with van der Waals surface area (Å²) in [6.07, 6.45) is 3.88. The Labute approximate surface area is 117 Å². The van der Waals surface area contributed by atoms with Crippen molar-refractivity contribution >= 4 is 5.91 Å². The largest absolute Gasteiger partial charge is 0.379 e. The Kier molecular flexibility index (Phi) is 6.52. The molecule has 110 valence electrons. The number of ether oxygens (including phenoxy) is 1. The average Bonchev–Trinajstić information content (AvgIpc) is 2.45. The third kappa shape index (κ3) is 4.62. The highest BCUT2D eigenvalue weighted by Gasteiger charge is 2.31. The second-order valence-electron chi connectivity index (χ2n) is 5.43. The van der Waals surface area contributed by atoms with Gasteiger partial charge in [-0.1, -0.05) is 19.9 Å². The van der Waals surface area contributed by atoms with Gasteiger partial charge in [0.25, 0.3) is 0 Å². The van der Waals surface area contributed by atoms with E-state index in [4.69, 9.17) is 4.74 Å². The molecule has 1 fully saturated rings. The Morgan fingerprint density at radius 1 is 1.37 bits per heavy atom. The van der Waals surface area contributed by atoms with Crippen molar-refractivity contribution in [3.05, 3.63) is 11.6 Å². The second-order valence-corrected chi connectivity index (χ2v) is 5.43. The molecule has 0 aromatic carbocycles. The van der Waals surface area contributed by atoms with E-state index < -0.39 is 0 Å². The Morgan fingerprint density at radius 2 is 2.00 bits per heavy atom. The molecule has 0 aliphatic carbocycles. The second kappa shape index (κ2) is 7.65. The summed E-state index contributed by atoms with van der Waals surface area (Å²) in [5.74, 6) is 0.0507. The Hall–Kier alpha value is -0.870. The summed E-state index contributed by atoms with van der Waals surface area (Å²) in [5, 5.41) is 3.07. The normalized spacial score (nSPS) is 20.9. The molecule has 0 saturated carbocycles. The SMILES string of the molecule is CC/C=C(/C)C(=O)NC[C@](C)(CC)N1CCOCC1. The lowest BCUT2D eigenvalue weighted by Gasteiger charge is -2.43. The molecule has 0 bridgehead atoms. The molecule has 0 spiro atoms. The van der Waals surface area contributed by atoms with Crippen LogP contribution >= 0.6 is 0 Å². The van der Waals surface area contributed by atoms with Crippen molar-refractivity contribution in [1.82, 2.24) is 10.2 Å². The van der Waals surface area contributed by atoms with Gasteiger partial charge in [-0.15, -0.1) is 0 Å². The highest BCUT2D eigenvalue weighted by molar-refractivity contribution is 5.92. The molecule has 1 heterocycles. The Balaban J connectivity index is 2.55. The molecular formula is C15H28N2O2. The first kappa shape index (κ1) is 16.2. The summed E-state index contributed by atoms with van der Waals surface area (Å²) < 4.78 is 5.40. The van der Waals surface area contributed by atoms with Crippen molar-refractivity contribution in [2.45, 2.75) is 46.1 Å². The molecule has 0 radical (unpaired) electrons. The summed E-state index contributed by atoms with van der Waals surface area (Å²) in [7, 11) is 0. The van der Waals surface area contributed by atoms with E-state index in [-0.39, 0.29) is 11.4 Å². The molecule has 0 aromatic heterocycles. The number of allylic oxidation sites excluding steroid dienone is 1. The zero-order chi connectivity index (χ0) is 14.3. The van der Waals surface area contributed by atoms with Crippen LogP contribution in [0.15, 0.2) is 11.6 Å². The van der Waals surface area contributed by atoms with E-state index in [9.17, 15) is 4.79 Å². The number of amides is 1. The van der Waals surface area contributed by atoms with Gasteiger partial charge in [-0.2, -0.15) is 0 Å². The van der Waals surface area contributed by atoms with E-state index in [1.54, 1.807) is 0 Å². The fraction of sp³-hybridized carbons (Fsp3) is 0.800. The van der Waals surface area contributed by atoms with Crippen LogP contribution in [0, 0.1) is 0 Å². The lowest BCUT2D eigenvalue weighted by molar-refractivity contribution is -0.118. The first-order valence-electron chi connectivity index (χ1n) is 7.31. The maximum atomic E-state index is 12.0. The number of carbonyl (C=O) groups is 1. The smallest absolute Gasteiger partial charge is 0.246 e. The number of nitrogens with one attached hydrogen (secondary N) is 1. The van der Waals surface area contributed by atoms with Crippen molar-refractivity contribution in [3.8, 4) is 0 Å². The number of hydrogen-bond acceptors (Lipinski definition) is 3. The van der Waals surface area contributed by atoms with Gasteiger partial charge in [0.05, 0.1) is 13.2 Å². The highest BCUT2D eigenvalue weighted by Crippen LogP contribution is 2.20. The topological polar surface area (TPSA) is 41.6 Å². The van der Waals surface area contributed by atoms with Gasteiger partial charge in [-0.3, -0.25) is 9.69 Å². The molecule has 1 N–H and O–H groups in total. The molecule has 4 nitrogen and oxygen atoms in total. The lowest BCUT2D eigenvalue weighted by Crippen LogP contribution is -2.56. The number of carbonyl (C=O) groups excluding carboxylic acids is 1. The van der Waals surface area contributed by atoms with Crippen molar-refractivity contribution in [3.63, 3.8) is 0 Å². The maximum absolute atomic E-state index is 12.0. The minimum atomic E-state index is 0.0198. The third-order valence-electron chi connectivity index (χ3n) is 4.03. The number of nitrogens with zero attached hydrogens (tertiary/aromatic N) is 1. The van der Waals surface area contributed by atoms with Gasteiger partial charge in [0.1, 0.15) is 0 Å². The molecular weight excluding hydrogens is 240 g/mol. The van der Waals surface area contributed by atoms with Crippen molar-refractivity contribution in [2.24, 2.45) is 0 Å². The summed E-state index contributed by atoms with van der Waals surface area (Å²) in [4.78, 5) is 14.4. The van der Waals surface area contributed by atoms with E-state index in [2.05, 4.69) is 24.1 Å². The van der Waals surface area contributed by atoms with Crippen LogP contribution < -0.4 is 5.32 Å². The van der Waals surface area contributed by atoms with Gasteiger partial charge < -0.3 is 10.1 Å². The molecule has 19 heavy (non-hydrogen) atoms. The van der Waals surface area contributed by atoms with Gasteiger partial charge in [-0.05, 0) is 26.7 Å². The van der Waals surface area contributed by atoms with Crippen LogP contribution in [0.25, 0.3) is 0 Å². The zero-order valence-corrected chi connectivity index (χ0v) is 12.8. The Morgan fingerprint density at radius 3 is 2.53 bits per heavy atom. The van der Waals surface area contributed by atoms with Crippen LogP contribution in [0.4, 0.5) is 0 Å². The van der Waals surface area contributed by atoms with E-state index in [0.717, 1.165) is 44.7 Å². The van der Waals surface area contributed by atoms with E-state index in [1.165, 1.54) is 0 Å². The molecule has 1 aliphatic heterocycles. The van der Waals surface area contributed by atoms with Crippen LogP contribution in [0.5, 0.6) is 0 Å². The van der Waals surface area contributed by atoms with Crippen molar-refractivity contribution in [1.29, 1.82) is 0 Å². The first-order valence-corrected chi connectivity index (χ1v) is 7.31. The molecule has 1 atom stereocenters. The maximum Gasteiger partial charge on any atom is 0.246 e. The van der Waals surface area contributed by atoms with Gasteiger partial charge in [-0.25, -0.2) is 0 Å². The van der Waals surface area contributed by atoms with E-state index in [0.29, 0.717) is 6.54 Å². The van der Waals surface area contributed by atoms with Crippen LogP contribution in [-0.2, 0) is 9.53 Å². The number of hydrogen-bond donors (Lipinski definition) is 1. The summed E-state index contributed by atoms with van der Waals surface area (Å²) in [6, 6.07) is 0. The van der Waals surface area contributed by atoms with Gasteiger partial charge in [0.2, 0.25) is 5.91 Å². The van der Waals surface area contributed by atoms with Crippen molar-refractivity contribution in [2.75, 3.05) is 32.8 Å². The minimum Gasteiger partial charge on any atom is -0.379 e. The van der Waals surface area contributed by atoms with Crippen LogP contribution in [0.3, 0.4) is 0 Å². The Bertz CT molecular complexity index is 322. The molecule has 0 aromatic rings.